The highest BCUT2D eigenvalue weighted by Gasteiger charge is 2.21. The number of hydrogen-bond donors (Lipinski definition) is 0. The Bertz CT molecular complexity index is 343. The Morgan fingerprint density at radius 3 is 3.07 bits per heavy atom. The van der Waals surface area contributed by atoms with E-state index in [0.29, 0.717) is 5.56 Å². The van der Waals surface area contributed by atoms with E-state index in [9.17, 15) is 4.79 Å². The van der Waals surface area contributed by atoms with E-state index in [0.717, 1.165) is 0 Å². The van der Waals surface area contributed by atoms with Crippen LogP contribution in [0, 0.1) is 11.3 Å². The molecule has 0 bridgehead atoms. The SMILES string of the molecule is CCOC(=O)[C@@H](C#N)c1cccnc1. The van der Waals surface area contributed by atoms with Gasteiger partial charge in [0, 0.05) is 12.4 Å². The Hall–Kier alpha value is -1.89. The molecule has 0 amide bonds. The Morgan fingerprint density at radius 1 is 1.79 bits per heavy atom. The predicted molar refractivity (Wildman–Crippen MR) is 49.2 cm³/mol. The second-order valence-electron chi connectivity index (χ2n) is 2.60. The van der Waals surface area contributed by atoms with Crippen molar-refractivity contribution >= 4 is 5.97 Å². The second kappa shape index (κ2) is 4.97. The van der Waals surface area contributed by atoms with Gasteiger partial charge in [0.05, 0.1) is 12.7 Å². The van der Waals surface area contributed by atoms with Crippen LogP contribution in [0.2, 0.25) is 0 Å². The number of nitriles is 1. The van der Waals surface area contributed by atoms with E-state index in [1.165, 1.54) is 6.20 Å². The summed E-state index contributed by atoms with van der Waals surface area (Å²) in [7, 11) is 0. The van der Waals surface area contributed by atoms with Crippen molar-refractivity contribution in [1.29, 1.82) is 5.26 Å². The molecule has 1 aromatic rings. The highest BCUT2D eigenvalue weighted by Crippen LogP contribution is 2.14. The summed E-state index contributed by atoms with van der Waals surface area (Å²) in [5, 5.41) is 8.80. The summed E-state index contributed by atoms with van der Waals surface area (Å²) >= 11 is 0. The van der Waals surface area contributed by atoms with Gasteiger partial charge in [-0.2, -0.15) is 5.26 Å². The number of carbonyl (C=O) groups excluding carboxylic acids is 1. The van der Waals surface area contributed by atoms with Gasteiger partial charge >= 0.3 is 5.97 Å². The number of ether oxygens (including phenoxy) is 1. The minimum absolute atomic E-state index is 0.275. The first kappa shape index (κ1) is 10.2. The molecule has 1 rings (SSSR count). The van der Waals surface area contributed by atoms with E-state index < -0.39 is 11.9 Å². The fourth-order valence-electron chi connectivity index (χ4n) is 1.04. The van der Waals surface area contributed by atoms with Crippen molar-refractivity contribution in [2.45, 2.75) is 12.8 Å². The lowest BCUT2D eigenvalue weighted by atomic mass is 10.0. The minimum Gasteiger partial charge on any atom is -0.465 e. The summed E-state index contributed by atoms with van der Waals surface area (Å²) in [4.78, 5) is 15.1. The molecule has 0 radical (unpaired) electrons. The summed E-state index contributed by atoms with van der Waals surface area (Å²) in [6.45, 7) is 1.98. The lowest BCUT2D eigenvalue weighted by Crippen LogP contribution is -2.14. The molecule has 1 atom stereocenters. The Labute approximate surface area is 82.1 Å². The third-order valence-electron chi connectivity index (χ3n) is 1.67. The average Bonchev–Trinajstić information content (AvgIpc) is 2.21. The zero-order valence-electron chi connectivity index (χ0n) is 7.80. The van der Waals surface area contributed by atoms with Crippen molar-refractivity contribution in [2.24, 2.45) is 0 Å². The van der Waals surface area contributed by atoms with Crippen LogP contribution in [-0.4, -0.2) is 17.6 Å². The van der Waals surface area contributed by atoms with E-state index in [1.807, 2.05) is 6.07 Å². The lowest BCUT2D eigenvalue weighted by molar-refractivity contribution is -0.143. The smallest absolute Gasteiger partial charge is 0.327 e. The number of nitrogens with zero attached hydrogens (tertiary/aromatic N) is 2. The predicted octanol–water partition coefficient (Wildman–Crippen LogP) is 1.25. The molecule has 14 heavy (non-hydrogen) atoms. The molecule has 0 saturated carbocycles. The van der Waals surface area contributed by atoms with E-state index in [4.69, 9.17) is 10.00 Å². The molecule has 0 aliphatic heterocycles. The molecular weight excluding hydrogens is 180 g/mol. The molecule has 0 aliphatic carbocycles. The van der Waals surface area contributed by atoms with Crippen LogP contribution in [0.15, 0.2) is 24.5 Å². The van der Waals surface area contributed by atoms with E-state index >= 15 is 0 Å². The number of pyridine rings is 1. The lowest BCUT2D eigenvalue weighted by Gasteiger charge is -2.07. The molecular formula is C10H10N2O2. The molecule has 0 spiro atoms. The van der Waals surface area contributed by atoms with Gasteiger partial charge in [0.15, 0.2) is 5.92 Å². The van der Waals surface area contributed by atoms with E-state index in [-0.39, 0.29) is 6.61 Å². The standard InChI is InChI=1S/C10H10N2O2/c1-2-14-10(13)9(6-11)8-4-3-5-12-7-8/h3-5,7,9H,2H2,1H3/t9-/m0/s1. The maximum atomic E-state index is 11.3. The van der Waals surface area contributed by atoms with Gasteiger partial charge in [-0.05, 0) is 18.6 Å². The summed E-state index contributed by atoms with van der Waals surface area (Å²) in [6, 6.07) is 5.25. The van der Waals surface area contributed by atoms with Crippen molar-refractivity contribution in [1.82, 2.24) is 4.98 Å². The van der Waals surface area contributed by atoms with Crippen LogP contribution in [0.4, 0.5) is 0 Å². The van der Waals surface area contributed by atoms with Gasteiger partial charge in [-0.3, -0.25) is 9.78 Å². The average molecular weight is 190 g/mol. The summed E-state index contributed by atoms with van der Waals surface area (Å²) in [5.74, 6) is -1.40. The molecule has 4 nitrogen and oxygen atoms in total. The van der Waals surface area contributed by atoms with Gasteiger partial charge in [-0.25, -0.2) is 0 Å². The highest BCUT2D eigenvalue weighted by molar-refractivity contribution is 5.81. The van der Waals surface area contributed by atoms with Crippen molar-refractivity contribution in [3.05, 3.63) is 30.1 Å². The number of hydrogen-bond acceptors (Lipinski definition) is 4. The second-order valence-corrected chi connectivity index (χ2v) is 2.60. The van der Waals surface area contributed by atoms with Gasteiger partial charge in [0.2, 0.25) is 0 Å². The van der Waals surface area contributed by atoms with Gasteiger partial charge < -0.3 is 4.74 Å². The monoisotopic (exact) mass is 190 g/mol. The molecule has 0 unspecified atom stereocenters. The van der Waals surface area contributed by atoms with Crippen LogP contribution in [0.1, 0.15) is 18.4 Å². The zero-order chi connectivity index (χ0) is 10.4. The Kier molecular flexibility index (Phi) is 3.62. The van der Waals surface area contributed by atoms with E-state index in [1.54, 1.807) is 25.3 Å². The minimum atomic E-state index is -0.872. The van der Waals surface area contributed by atoms with E-state index in [2.05, 4.69) is 4.98 Å². The number of carbonyl (C=O) groups is 1. The summed E-state index contributed by atoms with van der Waals surface area (Å²) < 4.78 is 4.76. The first-order valence-corrected chi connectivity index (χ1v) is 4.25. The van der Waals surface area contributed by atoms with Gasteiger partial charge in [-0.1, -0.05) is 6.07 Å². The van der Waals surface area contributed by atoms with Crippen molar-refractivity contribution in [3.8, 4) is 6.07 Å². The van der Waals surface area contributed by atoms with Crippen LogP contribution in [-0.2, 0) is 9.53 Å². The van der Waals surface area contributed by atoms with Crippen LogP contribution >= 0.6 is 0 Å². The van der Waals surface area contributed by atoms with Crippen molar-refractivity contribution in [3.63, 3.8) is 0 Å². The number of esters is 1. The van der Waals surface area contributed by atoms with Crippen LogP contribution < -0.4 is 0 Å². The van der Waals surface area contributed by atoms with Crippen molar-refractivity contribution < 1.29 is 9.53 Å². The fraction of sp³-hybridized carbons (Fsp3) is 0.300. The third kappa shape index (κ3) is 2.30. The Balaban J connectivity index is 2.84. The number of rotatable bonds is 3. The first-order chi connectivity index (χ1) is 6.79. The molecule has 4 heteroatoms. The molecule has 0 aliphatic rings. The maximum absolute atomic E-state index is 11.3. The highest BCUT2D eigenvalue weighted by atomic mass is 16.5. The Morgan fingerprint density at radius 2 is 2.57 bits per heavy atom. The molecule has 0 fully saturated rings. The fourth-order valence-corrected chi connectivity index (χ4v) is 1.04. The van der Waals surface area contributed by atoms with Crippen molar-refractivity contribution in [2.75, 3.05) is 6.61 Å². The van der Waals surface area contributed by atoms with Crippen LogP contribution in [0.25, 0.3) is 0 Å². The number of aromatic nitrogens is 1. The third-order valence-corrected chi connectivity index (χ3v) is 1.67. The normalized spacial score (nSPS) is 11.4. The molecule has 0 aromatic carbocycles. The molecule has 0 N–H and O–H groups in total. The topological polar surface area (TPSA) is 63.0 Å². The first-order valence-electron chi connectivity index (χ1n) is 4.25. The van der Waals surface area contributed by atoms with Crippen LogP contribution in [0.5, 0.6) is 0 Å². The summed E-state index contributed by atoms with van der Waals surface area (Å²) in [5.41, 5.74) is 0.563. The van der Waals surface area contributed by atoms with Gasteiger partial charge in [-0.15, -0.1) is 0 Å². The van der Waals surface area contributed by atoms with Gasteiger partial charge in [0.1, 0.15) is 0 Å². The quantitative estimate of drug-likeness (QED) is 0.673. The zero-order valence-corrected chi connectivity index (χ0v) is 7.80. The molecule has 1 heterocycles. The maximum Gasteiger partial charge on any atom is 0.327 e. The molecule has 72 valence electrons. The van der Waals surface area contributed by atoms with Crippen LogP contribution in [0.3, 0.4) is 0 Å². The summed E-state index contributed by atoms with van der Waals surface area (Å²) in [6.07, 6.45) is 3.08. The van der Waals surface area contributed by atoms with Gasteiger partial charge in [0.25, 0.3) is 0 Å². The largest absolute Gasteiger partial charge is 0.465 e. The molecule has 1 aromatic heterocycles. The molecule has 0 saturated heterocycles.